The van der Waals surface area contributed by atoms with Gasteiger partial charge in [-0.25, -0.2) is 18.7 Å². The highest BCUT2D eigenvalue weighted by molar-refractivity contribution is 5.89. The lowest BCUT2D eigenvalue weighted by atomic mass is 10.2. The molecule has 162 valence electrons. The molecule has 4 heterocycles. The summed E-state index contributed by atoms with van der Waals surface area (Å²) < 4.78 is 30.2. The molecule has 9 heteroatoms. The van der Waals surface area contributed by atoms with Gasteiger partial charge in [-0.2, -0.15) is 5.10 Å². The van der Waals surface area contributed by atoms with Crippen LogP contribution in [0.5, 0.6) is 0 Å². The first kappa shape index (κ1) is 22.2. The molecule has 7 nitrogen and oxygen atoms in total. The van der Waals surface area contributed by atoms with Crippen LogP contribution in [0, 0.1) is 18.6 Å². The van der Waals surface area contributed by atoms with Gasteiger partial charge in [0.2, 0.25) is 0 Å². The first-order valence-corrected chi connectivity index (χ1v) is 9.97. The molecule has 0 aromatic carbocycles. The van der Waals surface area contributed by atoms with Crippen molar-refractivity contribution in [2.75, 3.05) is 5.32 Å². The Hall–Kier alpha value is -3.46. The van der Waals surface area contributed by atoms with E-state index in [2.05, 4.69) is 25.4 Å². The fourth-order valence-corrected chi connectivity index (χ4v) is 2.97. The zero-order valence-electron chi connectivity index (χ0n) is 17.8. The predicted molar refractivity (Wildman–Crippen MR) is 116 cm³/mol. The third-order valence-electron chi connectivity index (χ3n) is 4.24. The molecule has 0 radical (unpaired) electrons. The number of fused-ring (bicyclic) bond motifs is 1. The monoisotopic (exact) mass is 426 g/mol. The number of hydrogen-bond acceptors (Lipinski definition) is 6. The fourth-order valence-electron chi connectivity index (χ4n) is 2.97. The summed E-state index contributed by atoms with van der Waals surface area (Å²) in [6.45, 7) is 7.66. The number of nitrogens with zero attached hydrogens (tertiary/aromatic N) is 5. The zero-order chi connectivity index (χ0) is 22.5. The van der Waals surface area contributed by atoms with Crippen molar-refractivity contribution in [2.24, 2.45) is 0 Å². The standard InChI is InChI=1S/C20H18F2N6O.C2H6/c1-11-3-4-14(21)18(25-11)16-7-13(5-6-23-16)26-19-15(22)8-24-17-10-28(9-12(2)29)27-20(17)19;1-2/h3-8,10,12,29H,9H2,1-2H3,(H,23,26);1-2H3. The molecule has 4 aromatic heterocycles. The molecule has 0 saturated carbocycles. The Morgan fingerprint density at radius 1 is 1.13 bits per heavy atom. The Balaban J connectivity index is 0.00000132. The second kappa shape index (κ2) is 9.57. The lowest BCUT2D eigenvalue weighted by Crippen LogP contribution is -2.11. The van der Waals surface area contributed by atoms with Crippen LogP contribution in [0.1, 0.15) is 26.5 Å². The van der Waals surface area contributed by atoms with Gasteiger partial charge in [-0.15, -0.1) is 0 Å². The summed E-state index contributed by atoms with van der Waals surface area (Å²) in [5, 5.41) is 16.9. The Bertz CT molecular complexity index is 1190. The summed E-state index contributed by atoms with van der Waals surface area (Å²) in [6.07, 6.45) is 3.62. The van der Waals surface area contributed by atoms with Gasteiger partial charge in [0.15, 0.2) is 11.6 Å². The zero-order valence-corrected chi connectivity index (χ0v) is 17.8. The van der Waals surface area contributed by atoms with E-state index in [0.29, 0.717) is 28.1 Å². The quantitative estimate of drug-likeness (QED) is 0.484. The number of aryl methyl sites for hydroxylation is 1. The van der Waals surface area contributed by atoms with Crippen LogP contribution in [-0.2, 0) is 6.54 Å². The van der Waals surface area contributed by atoms with E-state index in [4.69, 9.17) is 0 Å². The van der Waals surface area contributed by atoms with Crippen LogP contribution in [0.2, 0.25) is 0 Å². The summed E-state index contributed by atoms with van der Waals surface area (Å²) in [6, 6.07) is 6.13. The van der Waals surface area contributed by atoms with E-state index in [1.807, 2.05) is 13.8 Å². The SMILES string of the molecule is CC.Cc1ccc(F)c(-c2cc(Nc3c(F)cnc4cn(CC(C)O)nc34)ccn2)n1. The molecule has 0 aliphatic heterocycles. The number of pyridine rings is 3. The molecule has 1 atom stereocenters. The maximum absolute atomic E-state index is 14.5. The maximum Gasteiger partial charge on any atom is 0.167 e. The second-order valence-corrected chi connectivity index (χ2v) is 6.75. The molecule has 0 saturated heterocycles. The van der Waals surface area contributed by atoms with E-state index in [-0.39, 0.29) is 17.9 Å². The van der Waals surface area contributed by atoms with Gasteiger partial charge in [0, 0.05) is 17.6 Å². The minimum atomic E-state index is -0.606. The average molecular weight is 426 g/mol. The number of halogens is 2. The number of rotatable bonds is 5. The lowest BCUT2D eigenvalue weighted by molar-refractivity contribution is 0.169. The molecule has 0 fully saturated rings. The van der Waals surface area contributed by atoms with Crippen LogP contribution in [0.15, 0.2) is 42.9 Å². The molecule has 31 heavy (non-hydrogen) atoms. The van der Waals surface area contributed by atoms with E-state index >= 15 is 0 Å². The highest BCUT2D eigenvalue weighted by Gasteiger charge is 2.15. The van der Waals surface area contributed by atoms with Crippen molar-refractivity contribution < 1.29 is 13.9 Å². The molecule has 0 bridgehead atoms. The van der Waals surface area contributed by atoms with Gasteiger partial charge in [-0.05, 0) is 38.1 Å². The Labute approximate surface area is 178 Å². The molecule has 2 N–H and O–H groups in total. The Kier molecular flexibility index (Phi) is 6.86. The van der Waals surface area contributed by atoms with Gasteiger partial charge in [0.1, 0.15) is 22.4 Å². The lowest BCUT2D eigenvalue weighted by Gasteiger charge is -2.10. The van der Waals surface area contributed by atoms with Crippen molar-refractivity contribution in [3.05, 3.63) is 60.2 Å². The van der Waals surface area contributed by atoms with Crippen molar-refractivity contribution in [1.82, 2.24) is 24.7 Å². The molecule has 0 aliphatic carbocycles. The number of anilines is 2. The van der Waals surface area contributed by atoms with Crippen LogP contribution in [-0.4, -0.2) is 35.9 Å². The van der Waals surface area contributed by atoms with Crippen molar-refractivity contribution in [3.8, 4) is 11.4 Å². The maximum atomic E-state index is 14.5. The van der Waals surface area contributed by atoms with Crippen molar-refractivity contribution >= 4 is 22.4 Å². The smallest absolute Gasteiger partial charge is 0.167 e. The molecule has 4 aromatic rings. The fraction of sp³-hybridized carbons (Fsp3) is 0.273. The average Bonchev–Trinajstić information content (AvgIpc) is 3.16. The molecule has 1 unspecified atom stereocenters. The van der Waals surface area contributed by atoms with E-state index in [0.717, 1.165) is 6.20 Å². The number of nitrogens with one attached hydrogen (secondary N) is 1. The molecular weight excluding hydrogens is 402 g/mol. The summed E-state index contributed by atoms with van der Waals surface area (Å²) in [5.74, 6) is -1.08. The van der Waals surface area contributed by atoms with Gasteiger partial charge in [0.05, 0.1) is 30.7 Å². The highest BCUT2D eigenvalue weighted by atomic mass is 19.1. The van der Waals surface area contributed by atoms with E-state index < -0.39 is 17.7 Å². The van der Waals surface area contributed by atoms with Crippen LogP contribution in [0.4, 0.5) is 20.2 Å². The van der Waals surface area contributed by atoms with Crippen molar-refractivity contribution in [2.45, 2.75) is 40.3 Å². The van der Waals surface area contributed by atoms with Crippen LogP contribution < -0.4 is 5.32 Å². The van der Waals surface area contributed by atoms with Crippen LogP contribution in [0.3, 0.4) is 0 Å². The highest BCUT2D eigenvalue weighted by Crippen LogP contribution is 2.29. The summed E-state index contributed by atoms with van der Waals surface area (Å²) in [7, 11) is 0. The molecule has 0 spiro atoms. The third kappa shape index (κ3) is 5.00. The molecule has 4 rings (SSSR count). The minimum absolute atomic E-state index is 0.121. The van der Waals surface area contributed by atoms with Gasteiger partial charge < -0.3 is 10.4 Å². The first-order chi connectivity index (χ1) is 14.9. The van der Waals surface area contributed by atoms with Crippen molar-refractivity contribution in [3.63, 3.8) is 0 Å². The van der Waals surface area contributed by atoms with Gasteiger partial charge >= 0.3 is 0 Å². The van der Waals surface area contributed by atoms with Crippen molar-refractivity contribution in [1.29, 1.82) is 0 Å². The first-order valence-electron chi connectivity index (χ1n) is 9.97. The Morgan fingerprint density at radius 2 is 1.90 bits per heavy atom. The minimum Gasteiger partial charge on any atom is -0.391 e. The number of aliphatic hydroxyl groups is 1. The van der Waals surface area contributed by atoms with E-state index in [1.54, 1.807) is 38.2 Å². The van der Waals surface area contributed by atoms with Crippen LogP contribution in [0.25, 0.3) is 22.4 Å². The second-order valence-electron chi connectivity index (χ2n) is 6.75. The summed E-state index contributed by atoms with van der Waals surface area (Å²) in [4.78, 5) is 12.4. The number of aliphatic hydroxyl groups excluding tert-OH is 1. The molecular formula is C22H24F2N6O. The predicted octanol–water partition coefficient (Wildman–Crippen LogP) is 4.63. The van der Waals surface area contributed by atoms with Gasteiger partial charge in [0.25, 0.3) is 0 Å². The normalized spacial score (nSPS) is 11.7. The molecule has 0 amide bonds. The number of hydrogen-bond donors (Lipinski definition) is 2. The third-order valence-corrected chi connectivity index (χ3v) is 4.24. The largest absolute Gasteiger partial charge is 0.391 e. The summed E-state index contributed by atoms with van der Waals surface area (Å²) >= 11 is 0. The van der Waals surface area contributed by atoms with E-state index in [1.165, 1.54) is 16.9 Å². The molecule has 0 aliphatic rings. The Morgan fingerprint density at radius 3 is 2.65 bits per heavy atom. The van der Waals surface area contributed by atoms with E-state index in [9.17, 15) is 13.9 Å². The van der Waals surface area contributed by atoms with Crippen LogP contribution >= 0.6 is 0 Å². The summed E-state index contributed by atoms with van der Waals surface area (Å²) in [5.41, 5.74) is 2.53. The van der Waals surface area contributed by atoms with Gasteiger partial charge in [-0.1, -0.05) is 13.8 Å². The van der Waals surface area contributed by atoms with Gasteiger partial charge in [-0.3, -0.25) is 9.67 Å². The number of aromatic nitrogens is 5. The topological polar surface area (TPSA) is 88.8 Å².